The zero-order chi connectivity index (χ0) is 30.5. The molecule has 0 bridgehead atoms. The lowest BCUT2D eigenvalue weighted by Gasteiger charge is -2.31. The third kappa shape index (κ3) is 7.13. The number of likely N-dealkylation sites (tertiary alicyclic amines) is 1. The van der Waals surface area contributed by atoms with Crippen LogP contribution >= 0.6 is 23.2 Å². The van der Waals surface area contributed by atoms with Crippen molar-refractivity contribution >= 4 is 51.7 Å². The molecule has 1 unspecified atom stereocenters. The molecule has 2 aromatic heterocycles. The van der Waals surface area contributed by atoms with Gasteiger partial charge in [-0.05, 0) is 37.4 Å². The Labute approximate surface area is 261 Å². The van der Waals surface area contributed by atoms with Crippen LogP contribution in [0.3, 0.4) is 0 Å². The molecular formula is C30H37Cl2N7O4. The van der Waals surface area contributed by atoms with Crippen molar-refractivity contribution in [1.82, 2.24) is 19.9 Å². The van der Waals surface area contributed by atoms with E-state index < -0.39 is 0 Å². The summed E-state index contributed by atoms with van der Waals surface area (Å²) in [6, 6.07) is 3.55. The van der Waals surface area contributed by atoms with Crippen LogP contribution in [-0.4, -0.2) is 91.3 Å². The van der Waals surface area contributed by atoms with Crippen molar-refractivity contribution in [2.24, 2.45) is 11.7 Å². The topological polar surface area (TPSA) is 137 Å². The maximum absolute atomic E-state index is 12.1. The molecule has 4 heterocycles. The molecule has 1 aromatic carbocycles. The summed E-state index contributed by atoms with van der Waals surface area (Å²) in [6.45, 7) is 7.90. The fourth-order valence-electron chi connectivity index (χ4n) is 5.56. The largest absolute Gasteiger partial charge is 0.495 e. The molecular weight excluding hydrogens is 593 g/mol. The van der Waals surface area contributed by atoms with E-state index in [0.717, 1.165) is 37.9 Å². The molecule has 13 heteroatoms. The number of ether oxygens (including phenoxy) is 3. The number of carbonyl (C=O) groups excluding carboxylic acids is 1. The second-order valence-corrected chi connectivity index (χ2v) is 11.6. The molecule has 2 aliphatic rings. The molecule has 230 valence electrons. The molecule has 4 N–H and O–H groups in total. The molecule has 3 aromatic rings. The Kier molecular flexibility index (Phi) is 10.2. The van der Waals surface area contributed by atoms with Gasteiger partial charge < -0.3 is 30.6 Å². The lowest BCUT2D eigenvalue weighted by Crippen LogP contribution is -2.40. The van der Waals surface area contributed by atoms with E-state index in [4.69, 9.17) is 53.1 Å². The summed E-state index contributed by atoms with van der Waals surface area (Å²) in [5.41, 5.74) is 7.72. The molecule has 2 aliphatic heterocycles. The Bertz CT molecular complexity index is 1460. The van der Waals surface area contributed by atoms with Crippen LogP contribution in [0.5, 0.6) is 11.5 Å². The highest BCUT2D eigenvalue weighted by Crippen LogP contribution is 2.46. The summed E-state index contributed by atoms with van der Waals surface area (Å²) in [6.07, 6.45) is 5.23. The van der Waals surface area contributed by atoms with Crippen LogP contribution < -0.4 is 25.8 Å². The van der Waals surface area contributed by atoms with Crippen LogP contribution in [-0.2, 0) is 9.53 Å². The summed E-state index contributed by atoms with van der Waals surface area (Å²) in [5, 5.41) is 8.22. The first-order chi connectivity index (χ1) is 20.8. The first-order valence-electron chi connectivity index (χ1n) is 14.3. The number of nitrogens with two attached hydrogens (primary N) is 1. The number of pyridine rings is 1. The second kappa shape index (κ2) is 14.0. The van der Waals surface area contributed by atoms with Crippen LogP contribution in [0, 0.1) is 5.92 Å². The van der Waals surface area contributed by atoms with Gasteiger partial charge in [-0.2, -0.15) is 0 Å². The van der Waals surface area contributed by atoms with Gasteiger partial charge in [0.05, 0.1) is 42.6 Å². The minimum atomic E-state index is -0.125. The number of carbonyl (C=O) groups is 1. The maximum Gasteiger partial charge on any atom is 0.223 e. The van der Waals surface area contributed by atoms with Crippen molar-refractivity contribution in [2.45, 2.75) is 31.3 Å². The van der Waals surface area contributed by atoms with E-state index in [1.807, 2.05) is 6.07 Å². The maximum atomic E-state index is 12.1. The highest BCUT2D eigenvalue weighted by Gasteiger charge is 2.28. The third-order valence-corrected chi connectivity index (χ3v) is 8.68. The molecule has 0 radical (unpaired) electrons. The van der Waals surface area contributed by atoms with Crippen LogP contribution in [0.25, 0.3) is 22.2 Å². The van der Waals surface area contributed by atoms with E-state index in [9.17, 15) is 4.79 Å². The molecule has 5 rings (SSSR count). The average Bonchev–Trinajstić information content (AvgIpc) is 3.43. The van der Waals surface area contributed by atoms with Crippen molar-refractivity contribution in [3.8, 4) is 22.8 Å². The Morgan fingerprint density at radius 1 is 1.21 bits per heavy atom. The molecule has 0 saturated carbocycles. The van der Waals surface area contributed by atoms with Crippen molar-refractivity contribution < 1.29 is 19.0 Å². The fourth-order valence-corrected chi connectivity index (χ4v) is 6.26. The number of allylic oxidation sites excluding steroid dienone is 1. The molecule has 43 heavy (non-hydrogen) atoms. The number of hydrogen-bond donors (Lipinski definition) is 3. The standard InChI is InChI=1S/C30H37Cl2N7O4/c1-4-20(40)11-17-6-10-43-16-22(17)37-30-35-14-18-12-21(25-26(31)23(41-2)13-24(42-3)27(25)32)36-29(28(18)38-30)34-7-9-39-8-5-19(33)15-39/h4,12-14,17,19,22H,1,5-11,15-16,33H2,2-3H3,(H,34,36)(H,35,37,38)/t17-,19?,22-/m1/s1. The van der Waals surface area contributed by atoms with Gasteiger partial charge in [0.25, 0.3) is 0 Å². The Morgan fingerprint density at radius 2 is 1.98 bits per heavy atom. The third-order valence-electron chi connectivity index (χ3n) is 7.93. The molecule has 0 spiro atoms. The Balaban J connectivity index is 1.51. The summed E-state index contributed by atoms with van der Waals surface area (Å²) in [4.78, 5) is 28.8. The van der Waals surface area contributed by atoms with Crippen molar-refractivity contribution in [1.29, 1.82) is 0 Å². The zero-order valence-electron chi connectivity index (χ0n) is 24.4. The van der Waals surface area contributed by atoms with Crippen molar-refractivity contribution in [3.05, 3.63) is 41.0 Å². The minimum Gasteiger partial charge on any atom is -0.495 e. The number of nitrogens with zero attached hydrogens (tertiary/aromatic N) is 4. The molecule has 3 atom stereocenters. The molecule has 0 amide bonds. The number of ketones is 1. The van der Waals surface area contributed by atoms with E-state index in [0.29, 0.717) is 76.3 Å². The number of hydrogen-bond acceptors (Lipinski definition) is 11. The lowest BCUT2D eigenvalue weighted by atomic mass is 9.90. The average molecular weight is 631 g/mol. The summed E-state index contributed by atoms with van der Waals surface area (Å²) >= 11 is 13.5. The van der Waals surface area contributed by atoms with E-state index >= 15 is 0 Å². The summed E-state index contributed by atoms with van der Waals surface area (Å²) in [5.74, 6) is 1.88. The van der Waals surface area contributed by atoms with E-state index in [2.05, 4.69) is 27.1 Å². The van der Waals surface area contributed by atoms with Gasteiger partial charge in [0.2, 0.25) is 5.95 Å². The molecule has 11 nitrogen and oxygen atoms in total. The first-order valence-corrected chi connectivity index (χ1v) is 15.1. The lowest BCUT2D eigenvalue weighted by molar-refractivity contribution is -0.116. The molecule has 2 saturated heterocycles. The van der Waals surface area contributed by atoms with Gasteiger partial charge in [0.1, 0.15) is 17.0 Å². The smallest absolute Gasteiger partial charge is 0.223 e. The number of nitrogens with one attached hydrogen (secondary N) is 2. The van der Waals surface area contributed by atoms with Gasteiger partial charge in [-0.15, -0.1) is 0 Å². The van der Waals surface area contributed by atoms with E-state index in [-0.39, 0.29) is 23.8 Å². The van der Waals surface area contributed by atoms with Crippen molar-refractivity contribution in [3.63, 3.8) is 0 Å². The number of rotatable bonds is 12. The first kappa shape index (κ1) is 31.2. The quantitative estimate of drug-likeness (QED) is 0.245. The van der Waals surface area contributed by atoms with Crippen LogP contribution in [0.4, 0.5) is 11.8 Å². The van der Waals surface area contributed by atoms with Gasteiger partial charge in [0, 0.05) is 61.9 Å². The fraction of sp³-hybridized carbons (Fsp3) is 0.467. The number of aromatic nitrogens is 3. The SMILES string of the molecule is C=CC(=O)C[C@H]1CCOC[C@H]1Nc1ncc2cc(-c3c(Cl)c(OC)cc(OC)c3Cl)nc(NCCN3CCC(N)C3)c2n1. The van der Waals surface area contributed by atoms with E-state index in [1.165, 1.54) is 20.3 Å². The van der Waals surface area contributed by atoms with Crippen LogP contribution in [0.15, 0.2) is 31.0 Å². The predicted octanol–water partition coefficient (Wildman–Crippen LogP) is 4.42. The van der Waals surface area contributed by atoms with Gasteiger partial charge in [0.15, 0.2) is 11.6 Å². The van der Waals surface area contributed by atoms with Crippen LogP contribution in [0.2, 0.25) is 10.0 Å². The van der Waals surface area contributed by atoms with Gasteiger partial charge in [-0.1, -0.05) is 29.8 Å². The zero-order valence-corrected chi connectivity index (χ0v) is 25.9. The monoisotopic (exact) mass is 629 g/mol. The number of fused-ring (bicyclic) bond motifs is 1. The van der Waals surface area contributed by atoms with Crippen molar-refractivity contribution in [2.75, 3.05) is 64.2 Å². The Hall–Kier alpha value is -3.22. The Morgan fingerprint density at radius 3 is 2.65 bits per heavy atom. The highest BCUT2D eigenvalue weighted by atomic mass is 35.5. The summed E-state index contributed by atoms with van der Waals surface area (Å²) in [7, 11) is 3.06. The van der Waals surface area contributed by atoms with Crippen LogP contribution in [0.1, 0.15) is 19.3 Å². The van der Waals surface area contributed by atoms with Gasteiger partial charge in [-0.3, -0.25) is 9.69 Å². The summed E-state index contributed by atoms with van der Waals surface area (Å²) < 4.78 is 16.7. The number of halogens is 2. The van der Waals surface area contributed by atoms with E-state index in [1.54, 1.807) is 12.3 Å². The minimum absolute atomic E-state index is 0.00630. The van der Waals surface area contributed by atoms with Gasteiger partial charge >= 0.3 is 0 Å². The molecule has 0 aliphatic carbocycles. The predicted molar refractivity (Wildman–Crippen MR) is 170 cm³/mol. The molecule has 2 fully saturated rings. The highest BCUT2D eigenvalue weighted by molar-refractivity contribution is 6.41. The number of methoxy groups -OCH3 is 2. The second-order valence-electron chi connectivity index (χ2n) is 10.8. The normalized spacial score (nSPS) is 20.6. The van der Waals surface area contributed by atoms with Gasteiger partial charge in [-0.25, -0.2) is 15.0 Å². The number of anilines is 2. The number of benzene rings is 1.